The average Bonchev–Trinajstić information content (AvgIpc) is 3.25. The van der Waals surface area contributed by atoms with Crippen molar-refractivity contribution < 1.29 is 19.2 Å². The van der Waals surface area contributed by atoms with Gasteiger partial charge in [0.15, 0.2) is 0 Å². The number of nitrogens with one attached hydrogen (secondary N) is 2. The minimum Gasteiger partial charge on any atom is -0.315 e. The molecule has 4 rings (SSSR count). The Bertz CT molecular complexity index is 831. The summed E-state index contributed by atoms with van der Waals surface area (Å²) in [6, 6.07) is 4.71. The minimum absolute atomic E-state index is 0.119. The molecule has 27 heavy (non-hydrogen) atoms. The van der Waals surface area contributed by atoms with Crippen LogP contribution in [0.25, 0.3) is 0 Å². The van der Waals surface area contributed by atoms with Gasteiger partial charge in [-0.1, -0.05) is 12.1 Å². The summed E-state index contributed by atoms with van der Waals surface area (Å²) < 4.78 is 0. The molecular weight excluding hydrogens is 348 g/mol. The van der Waals surface area contributed by atoms with Gasteiger partial charge in [-0.3, -0.25) is 34.3 Å². The molecule has 0 aliphatic carbocycles. The first-order valence-electron chi connectivity index (χ1n) is 9.22. The van der Waals surface area contributed by atoms with E-state index >= 15 is 0 Å². The number of imide groups is 2. The molecule has 3 aliphatic rings. The summed E-state index contributed by atoms with van der Waals surface area (Å²) in [6.45, 7) is 2.43. The lowest BCUT2D eigenvalue weighted by Crippen LogP contribution is -2.54. The maximum atomic E-state index is 13.1. The highest BCUT2D eigenvalue weighted by atomic mass is 16.2. The monoisotopic (exact) mass is 370 g/mol. The second-order valence-corrected chi connectivity index (χ2v) is 7.35. The van der Waals surface area contributed by atoms with Crippen LogP contribution in [-0.4, -0.2) is 65.6 Å². The summed E-state index contributed by atoms with van der Waals surface area (Å²) in [4.78, 5) is 52.7. The molecule has 3 heterocycles. The maximum Gasteiger partial charge on any atom is 0.262 e. The zero-order chi connectivity index (χ0) is 19.1. The van der Waals surface area contributed by atoms with E-state index in [0.29, 0.717) is 23.7 Å². The number of nitrogens with zero attached hydrogens (tertiary/aromatic N) is 2. The van der Waals surface area contributed by atoms with Crippen LogP contribution >= 0.6 is 0 Å². The normalized spacial score (nSPS) is 25.3. The van der Waals surface area contributed by atoms with E-state index in [1.165, 1.54) is 0 Å². The van der Waals surface area contributed by atoms with Crippen LogP contribution in [0.3, 0.4) is 0 Å². The van der Waals surface area contributed by atoms with E-state index in [9.17, 15) is 19.2 Å². The smallest absolute Gasteiger partial charge is 0.262 e. The number of rotatable bonds is 4. The molecular formula is C19H22N4O4. The van der Waals surface area contributed by atoms with Gasteiger partial charge in [-0.25, -0.2) is 0 Å². The van der Waals surface area contributed by atoms with Crippen LogP contribution < -0.4 is 10.6 Å². The quantitative estimate of drug-likeness (QED) is 0.717. The molecule has 4 amide bonds. The topological polar surface area (TPSA) is 98.8 Å². The van der Waals surface area contributed by atoms with Crippen LogP contribution in [0.2, 0.25) is 0 Å². The predicted octanol–water partition coefficient (Wildman–Crippen LogP) is -0.118. The molecule has 1 aromatic carbocycles. The molecule has 2 N–H and O–H groups in total. The van der Waals surface area contributed by atoms with Crippen molar-refractivity contribution in [2.75, 3.05) is 20.1 Å². The van der Waals surface area contributed by atoms with Gasteiger partial charge in [-0.15, -0.1) is 0 Å². The predicted molar refractivity (Wildman–Crippen MR) is 95.9 cm³/mol. The number of hydrogen-bond acceptors (Lipinski definition) is 6. The highest BCUT2D eigenvalue weighted by Gasteiger charge is 2.45. The molecule has 3 aliphatic heterocycles. The first kappa shape index (κ1) is 17.8. The Balaban J connectivity index is 1.61. The Kier molecular flexibility index (Phi) is 4.53. The summed E-state index contributed by atoms with van der Waals surface area (Å²) >= 11 is 0. The molecule has 2 unspecified atom stereocenters. The van der Waals surface area contributed by atoms with Crippen molar-refractivity contribution in [3.8, 4) is 0 Å². The van der Waals surface area contributed by atoms with Crippen LogP contribution in [0.4, 0.5) is 0 Å². The Morgan fingerprint density at radius 3 is 2.67 bits per heavy atom. The second kappa shape index (κ2) is 6.86. The van der Waals surface area contributed by atoms with E-state index in [1.807, 2.05) is 13.1 Å². The molecule has 0 spiro atoms. The summed E-state index contributed by atoms with van der Waals surface area (Å²) in [6.07, 6.45) is 1.33. The fraction of sp³-hybridized carbons (Fsp3) is 0.474. The minimum atomic E-state index is -0.931. The Hall–Kier alpha value is -2.58. The number of likely N-dealkylation sites (N-methyl/N-ethyl adjacent to an activating group) is 1. The van der Waals surface area contributed by atoms with Crippen LogP contribution in [0.1, 0.15) is 45.5 Å². The summed E-state index contributed by atoms with van der Waals surface area (Å²) in [7, 11) is 2.01. The fourth-order valence-electron chi connectivity index (χ4n) is 4.13. The number of carbonyl (C=O) groups excluding carboxylic acids is 4. The standard InChI is InChI=1S/C19H22N4O4/c1-22(12-7-8-20-9-12)10-11-3-2-4-13-16(11)19(27)23(18(13)26)14-5-6-15(24)21-17(14)25/h2-4,12,14,20H,5-10H2,1H3,(H,21,24,25). The zero-order valence-electron chi connectivity index (χ0n) is 15.2. The second-order valence-electron chi connectivity index (χ2n) is 7.35. The number of piperidine rings is 1. The third-order valence-electron chi connectivity index (χ3n) is 5.63. The lowest BCUT2D eigenvalue weighted by atomic mass is 10.0. The van der Waals surface area contributed by atoms with E-state index in [4.69, 9.17) is 0 Å². The van der Waals surface area contributed by atoms with Gasteiger partial charge in [0, 0.05) is 25.6 Å². The van der Waals surface area contributed by atoms with Crippen LogP contribution in [0.5, 0.6) is 0 Å². The van der Waals surface area contributed by atoms with E-state index < -0.39 is 23.8 Å². The fourth-order valence-corrected chi connectivity index (χ4v) is 4.13. The molecule has 0 saturated carbocycles. The molecule has 2 atom stereocenters. The summed E-state index contributed by atoms with van der Waals surface area (Å²) in [5.41, 5.74) is 1.50. The highest BCUT2D eigenvalue weighted by molar-refractivity contribution is 6.24. The maximum absolute atomic E-state index is 13.1. The molecule has 0 bridgehead atoms. The number of hydrogen-bond donors (Lipinski definition) is 2. The van der Waals surface area contributed by atoms with E-state index in [-0.39, 0.29) is 18.7 Å². The zero-order valence-corrected chi connectivity index (χ0v) is 15.2. The van der Waals surface area contributed by atoms with Gasteiger partial charge in [-0.2, -0.15) is 0 Å². The van der Waals surface area contributed by atoms with Crippen molar-refractivity contribution in [2.24, 2.45) is 0 Å². The van der Waals surface area contributed by atoms with Crippen molar-refractivity contribution in [3.05, 3.63) is 34.9 Å². The molecule has 1 aromatic rings. The molecule has 0 aromatic heterocycles. The van der Waals surface area contributed by atoms with Crippen LogP contribution in [0, 0.1) is 0 Å². The van der Waals surface area contributed by atoms with Crippen molar-refractivity contribution in [1.82, 2.24) is 20.4 Å². The highest BCUT2D eigenvalue weighted by Crippen LogP contribution is 2.30. The molecule has 8 nitrogen and oxygen atoms in total. The van der Waals surface area contributed by atoms with Crippen molar-refractivity contribution >= 4 is 23.6 Å². The lowest BCUT2D eigenvalue weighted by Gasteiger charge is -2.28. The summed E-state index contributed by atoms with van der Waals surface area (Å²) in [5, 5.41) is 5.54. The molecule has 142 valence electrons. The van der Waals surface area contributed by atoms with E-state index in [2.05, 4.69) is 15.5 Å². The van der Waals surface area contributed by atoms with Crippen molar-refractivity contribution in [3.63, 3.8) is 0 Å². The Morgan fingerprint density at radius 1 is 1.15 bits per heavy atom. The number of carbonyl (C=O) groups is 4. The lowest BCUT2D eigenvalue weighted by molar-refractivity contribution is -0.136. The first-order valence-corrected chi connectivity index (χ1v) is 9.22. The van der Waals surface area contributed by atoms with Gasteiger partial charge in [0.25, 0.3) is 11.8 Å². The largest absolute Gasteiger partial charge is 0.315 e. The molecule has 2 saturated heterocycles. The van der Waals surface area contributed by atoms with Gasteiger partial charge in [0.1, 0.15) is 6.04 Å². The van der Waals surface area contributed by atoms with Crippen LogP contribution in [0.15, 0.2) is 18.2 Å². The van der Waals surface area contributed by atoms with Crippen molar-refractivity contribution in [2.45, 2.75) is 37.9 Å². The summed E-state index contributed by atoms with van der Waals surface area (Å²) in [5.74, 6) is -1.87. The molecule has 8 heteroatoms. The molecule has 2 fully saturated rings. The van der Waals surface area contributed by atoms with Gasteiger partial charge in [0.05, 0.1) is 11.1 Å². The van der Waals surface area contributed by atoms with Gasteiger partial charge in [-0.05, 0) is 38.1 Å². The third kappa shape index (κ3) is 3.04. The third-order valence-corrected chi connectivity index (χ3v) is 5.63. The van der Waals surface area contributed by atoms with Crippen molar-refractivity contribution in [1.29, 1.82) is 0 Å². The van der Waals surface area contributed by atoms with Crippen LogP contribution in [-0.2, 0) is 16.1 Å². The van der Waals surface area contributed by atoms with Gasteiger partial charge >= 0.3 is 0 Å². The number of amides is 4. The molecule has 0 radical (unpaired) electrons. The number of fused-ring (bicyclic) bond motifs is 1. The SMILES string of the molecule is CN(Cc1cccc2c1C(=O)N(C1CCC(=O)NC1=O)C2=O)C1CCNC1. The van der Waals surface area contributed by atoms with E-state index in [0.717, 1.165) is 30.0 Å². The Morgan fingerprint density at radius 2 is 1.96 bits per heavy atom. The number of benzene rings is 1. The van der Waals surface area contributed by atoms with Gasteiger partial charge in [0.2, 0.25) is 11.8 Å². The van der Waals surface area contributed by atoms with Gasteiger partial charge < -0.3 is 5.32 Å². The first-order chi connectivity index (χ1) is 13.0. The Labute approximate surface area is 156 Å². The average molecular weight is 370 g/mol. The van der Waals surface area contributed by atoms with E-state index in [1.54, 1.807) is 12.1 Å².